The van der Waals surface area contributed by atoms with Gasteiger partial charge in [-0.05, 0) is 12.1 Å². The van der Waals surface area contributed by atoms with Crippen LogP contribution in [0.25, 0.3) is 5.69 Å². The standard InChI is InChI=1S/C11H9Cl3N4O2/c12-5-1-7(13)10(8(14)2-5)18-4-6(16-17-18)3-9(15)11(19)20/h1-2,4,9H,3,15H2,(H,19,20). The fraction of sp³-hybridized carbons (Fsp3) is 0.182. The first-order chi connectivity index (χ1) is 9.38. The molecular weight excluding hydrogens is 327 g/mol. The van der Waals surface area contributed by atoms with Gasteiger partial charge in [0.2, 0.25) is 0 Å². The maximum Gasteiger partial charge on any atom is 0.320 e. The van der Waals surface area contributed by atoms with Crippen molar-refractivity contribution >= 4 is 40.8 Å². The monoisotopic (exact) mass is 334 g/mol. The second kappa shape index (κ2) is 5.97. The van der Waals surface area contributed by atoms with E-state index in [4.69, 9.17) is 45.6 Å². The molecule has 0 aliphatic heterocycles. The van der Waals surface area contributed by atoms with Crippen LogP contribution in [0.1, 0.15) is 5.69 Å². The molecular formula is C11H9Cl3N4O2. The molecule has 1 heterocycles. The van der Waals surface area contributed by atoms with E-state index in [-0.39, 0.29) is 6.42 Å². The smallest absolute Gasteiger partial charge is 0.320 e. The topological polar surface area (TPSA) is 94.0 Å². The molecule has 20 heavy (non-hydrogen) atoms. The van der Waals surface area contributed by atoms with Crippen molar-refractivity contribution in [3.63, 3.8) is 0 Å². The molecule has 9 heteroatoms. The number of hydrogen-bond acceptors (Lipinski definition) is 4. The Kier molecular flexibility index (Phi) is 4.49. The highest BCUT2D eigenvalue weighted by atomic mass is 35.5. The third kappa shape index (κ3) is 3.21. The lowest BCUT2D eigenvalue weighted by Gasteiger charge is -2.06. The van der Waals surface area contributed by atoms with E-state index in [1.807, 2.05) is 0 Å². The van der Waals surface area contributed by atoms with Crippen LogP contribution in [-0.2, 0) is 11.2 Å². The van der Waals surface area contributed by atoms with Gasteiger partial charge in [0.25, 0.3) is 0 Å². The molecule has 6 nitrogen and oxygen atoms in total. The molecule has 0 aliphatic carbocycles. The summed E-state index contributed by atoms with van der Waals surface area (Å²) in [6.07, 6.45) is 1.57. The van der Waals surface area contributed by atoms with Crippen molar-refractivity contribution < 1.29 is 9.90 Å². The van der Waals surface area contributed by atoms with Crippen molar-refractivity contribution in [3.8, 4) is 5.69 Å². The average Bonchev–Trinajstić information content (AvgIpc) is 2.75. The van der Waals surface area contributed by atoms with E-state index in [0.29, 0.717) is 26.4 Å². The molecule has 0 saturated carbocycles. The first-order valence-corrected chi connectivity index (χ1v) is 6.56. The van der Waals surface area contributed by atoms with E-state index < -0.39 is 12.0 Å². The molecule has 1 aromatic heterocycles. The van der Waals surface area contributed by atoms with E-state index in [2.05, 4.69) is 10.3 Å². The summed E-state index contributed by atoms with van der Waals surface area (Å²) in [4.78, 5) is 10.7. The number of carboxylic acid groups (broad SMARTS) is 1. The lowest BCUT2D eigenvalue weighted by atomic mass is 10.2. The molecule has 1 atom stereocenters. The van der Waals surface area contributed by atoms with Crippen molar-refractivity contribution in [2.45, 2.75) is 12.5 Å². The van der Waals surface area contributed by atoms with Gasteiger partial charge in [-0.15, -0.1) is 5.10 Å². The van der Waals surface area contributed by atoms with Gasteiger partial charge in [0.1, 0.15) is 11.7 Å². The second-order valence-corrected chi connectivity index (χ2v) is 5.27. The minimum absolute atomic E-state index is 0.0537. The number of carbonyl (C=O) groups is 1. The molecule has 0 bridgehead atoms. The molecule has 2 rings (SSSR count). The fourth-order valence-corrected chi connectivity index (χ4v) is 2.56. The molecule has 0 spiro atoms. The zero-order valence-corrected chi connectivity index (χ0v) is 12.2. The zero-order valence-electron chi connectivity index (χ0n) is 9.92. The van der Waals surface area contributed by atoms with Crippen LogP contribution in [0.4, 0.5) is 0 Å². The number of nitrogens with zero attached hydrogens (tertiary/aromatic N) is 3. The Bertz CT molecular complexity index is 636. The van der Waals surface area contributed by atoms with E-state index in [1.54, 1.807) is 0 Å². The number of halogens is 3. The molecule has 3 N–H and O–H groups in total. The molecule has 0 radical (unpaired) electrons. The summed E-state index contributed by atoms with van der Waals surface area (Å²) < 4.78 is 1.35. The fourth-order valence-electron chi connectivity index (χ4n) is 1.57. The summed E-state index contributed by atoms with van der Waals surface area (Å²) in [7, 11) is 0. The molecule has 0 fully saturated rings. The number of aliphatic carboxylic acids is 1. The van der Waals surface area contributed by atoms with Gasteiger partial charge in [-0.3, -0.25) is 4.79 Å². The van der Waals surface area contributed by atoms with Gasteiger partial charge in [0.15, 0.2) is 0 Å². The van der Waals surface area contributed by atoms with Gasteiger partial charge in [-0.2, -0.15) is 0 Å². The molecule has 0 amide bonds. The SMILES string of the molecule is NC(Cc1cn(-c2c(Cl)cc(Cl)cc2Cl)nn1)C(=O)O. The Balaban J connectivity index is 2.32. The summed E-state index contributed by atoms with van der Waals surface area (Å²) >= 11 is 17.9. The Hall–Kier alpha value is -1.34. The van der Waals surface area contributed by atoms with E-state index in [1.165, 1.54) is 23.0 Å². The highest BCUT2D eigenvalue weighted by Gasteiger charge is 2.16. The Morgan fingerprint density at radius 3 is 2.50 bits per heavy atom. The van der Waals surface area contributed by atoms with E-state index >= 15 is 0 Å². The number of benzene rings is 1. The van der Waals surface area contributed by atoms with Gasteiger partial charge >= 0.3 is 5.97 Å². The molecule has 1 unspecified atom stereocenters. The minimum atomic E-state index is -1.11. The predicted octanol–water partition coefficient (Wildman–Crippen LogP) is 2.18. The molecule has 0 saturated heterocycles. The van der Waals surface area contributed by atoms with Gasteiger partial charge in [0.05, 0.1) is 21.9 Å². The van der Waals surface area contributed by atoms with Gasteiger partial charge in [0, 0.05) is 11.4 Å². The first-order valence-electron chi connectivity index (χ1n) is 5.43. The van der Waals surface area contributed by atoms with Crippen LogP contribution >= 0.6 is 34.8 Å². The number of hydrogen-bond donors (Lipinski definition) is 2. The van der Waals surface area contributed by atoms with Gasteiger partial charge in [-0.1, -0.05) is 40.0 Å². The predicted molar refractivity (Wildman–Crippen MR) is 75.7 cm³/mol. The van der Waals surface area contributed by atoms with Crippen LogP contribution < -0.4 is 5.73 Å². The Labute approximate surface area is 129 Å². The normalized spacial score (nSPS) is 12.4. The van der Waals surface area contributed by atoms with Crippen molar-refractivity contribution in [3.05, 3.63) is 39.1 Å². The maximum absolute atomic E-state index is 10.7. The number of aromatic nitrogens is 3. The van der Waals surface area contributed by atoms with Crippen molar-refractivity contribution in [2.75, 3.05) is 0 Å². The summed E-state index contributed by atoms with van der Waals surface area (Å²) in [5.74, 6) is -1.11. The quantitative estimate of drug-likeness (QED) is 0.893. The number of nitrogens with two attached hydrogens (primary N) is 1. The molecule has 1 aromatic carbocycles. The molecule has 0 aliphatic rings. The largest absolute Gasteiger partial charge is 0.480 e. The van der Waals surface area contributed by atoms with Crippen LogP contribution in [0.15, 0.2) is 18.3 Å². The van der Waals surface area contributed by atoms with Gasteiger partial charge in [-0.25, -0.2) is 4.68 Å². The van der Waals surface area contributed by atoms with Crippen LogP contribution in [0.3, 0.4) is 0 Å². The van der Waals surface area contributed by atoms with Crippen molar-refractivity contribution in [1.29, 1.82) is 0 Å². The Morgan fingerprint density at radius 1 is 1.35 bits per heavy atom. The van der Waals surface area contributed by atoms with Crippen LogP contribution in [-0.4, -0.2) is 32.1 Å². The van der Waals surface area contributed by atoms with Gasteiger partial charge < -0.3 is 10.8 Å². The van der Waals surface area contributed by atoms with E-state index in [0.717, 1.165) is 0 Å². The molecule has 106 valence electrons. The van der Waals surface area contributed by atoms with Crippen LogP contribution in [0, 0.1) is 0 Å². The summed E-state index contributed by atoms with van der Waals surface area (Å²) in [6, 6.07) is 2.00. The second-order valence-electron chi connectivity index (χ2n) is 4.02. The lowest BCUT2D eigenvalue weighted by molar-refractivity contribution is -0.138. The highest BCUT2D eigenvalue weighted by Crippen LogP contribution is 2.31. The Morgan fingerprint density at radius 2 is 1.95 bits per heavy atom. The summed E-state index contributed by atoms with van der Waals surface area (Å²) in [6.45, 7) is 0. The third-order valence-electron chi connectivity index (χ3n) is 2.50. The summed E-state index contributed by atoms with van der Waals surface area (Å²) in [5.41, 5.74) is 6.27. The van der Waals surface area contributed by atoms with Crippen LogP contribution in [0.2, 0.25) is 15.1 Å². The minimum Gasteiger partial charge on any atom is -0.480 e. The van der Waals surface area contributed by atoms with Crippen LogP contribution in [0.5, 0.6) is 0 Å². The van der Waals surface area contributed by atoms with E-state index in [9.17, 15) is 4.79 Å². The average molecular weight is 336 g/mol. The van der Waals surface area contributed by atoms with Crippen molar-refractivity contribution in [1.82, 2.24) is 15.0 Å². The number of carboxylic acids is 1. The first kappa shape index (κ1) is 15.1. The number of rotatable bonds is 4. The summed E-state index contributed by atoms with van der Waals surface area (Å²) in [5, 5.41) is 17.5. The molecule has 2 aromatic rings. The zero-order chi connectivity index (χ0) is 14.9. The highest BCUT2D eigenvalue weighted by molar-refractivity contribution is 6.40. The van der Waals surface area contributed by atoms with Crippen molar-refractivity contribution in [2.24, 2.45) is 5.73 Å². The third-order valence-corrected chi connectivity index (χ3v) is 3.29. The maximum atomic E-state index is 10.7. The lowest BCUT2D eigenvalue weighted by Crippen LogP contribution is -2.32.